The van der Waals surface area contributed by atoms with Crippen molar-refractivity contribution in [1.82, 2.24) is 0 Å². The molecule has 134 valence electrons. The van der Waals surface area contributed by atoms with E-state index in [1.807, 2.05) is 18.2 Å². The van der Waals surface area contributed by atoms with E-state index in [1.165, 1.54) is 11.1 Å². The number of rotatable bonds is 3. The van der Waals surface area contributed by atoms with Gasteiger partial charge >= 0.3 is 5.97 Å². The molecule has 6 nitrogen and oxygen atoms in total. The number of carbonyl (C=O) groups excluding carboxylic acids is 2. The van der Waals surface area contributed by atoms with Crippen LogP contribution in [-0.4, -0.2) is 23.5 Å². The van der Waals surface area contributed by atoms with E-state index >= 15 is 0 Å². The highest BCUT2D eigenvalue weighted by molar-refractivity contribution is 6.34. The second-order valence-electron chi connectivity index (χ2n) is 6.04. The number of hydrogen-bond donors (Lipinski definition) is 0. The normalized spacial score (nSPS) is 20.7. The second kappa shape index (κ2) is 6.81. The molecule has 0 fully saturated rings. The number of carbonyl (C=O) groups is 2. The fourth-order valence-electron chi connectivity index (χ4n) is 2.86. The molecule has 1 unspecified atom stereocenters. The minimum absolute atomic E-state index is 0.0627. The smallest absolute Gasteiger partial charge is 0.363 e. The fraction of sp³-hybridized carbons (Fsp3) is 0.100. The average Bonchev–Trinajstić information content (AvgIpc) is 3.17. The molecular weight excluding hydrogens is 366 g/mol. The van der Waals surface area contributed by atoms with Gasteiger partial charge in [-0.15, -0.1) is 0 Å². The van der Waals surface area contributed by atoms with Crippen molar-refractivity contribution in [3.63, 3.8) is 0 Å². The number of aliphatic imine (C=N–C) groups is 1. The molecule has 1 atom stereocenters. The maximum Gasteiger partial charge on any atom is 0.363 e. The summed E-state index contributed by atoms with van der Waals surface area (Å²) in [7, 11) is 0. The van der Waals surface area contributed by atoms with Gasteiger partial charge in [0.2, 0.25) is 5.90 Å². The first kappa shape index (κ1) is 17.2. The first-order valence-corrected chi connectivity index (χ1v) is 8.64. The zero-order valence-electron chi connectivity index (χ0n) is 14.3. The number of ether oxygens (including phenoxy) is 1. The first-order chi connectivity index (χ1) is 13.0. The quantitative estimate of drug-likeness (QED) is 0.604. The van der Waals surface area contributed by atoms with Gasteiger partial charge in [0.15, 0.2) is 0 Å². The molecule has 1 amide bonds. The van der Waals surface area contributed by atoms with Crippen molar-refractivity contribution in [3.8, 4) is 0 Å². The lowest BCUT2D eigenvalue weighted by Crippen LogP contribution is -2.26. The van der Waals surface area contributed by atoms with Crippen LogP contribution in [0.25, 0.3) is 0 Å². The summed E-state index contributed by atoms with van der Waals surface area (Å²) in [6.07, 6.45) is 1.48. The molecule has 0 saturated heterocycles. The highest BCUT2D eigenvalue weighted by Gasteiger charge is 2.35. The Labute approximate surface area is 160 Å². The predicted octanol–water partition coefficient (Wildman–Crippen LogP) is 3.57. The van der Waals surface area contributed by atoms with Crippen LogP contribution in [0.15, 0.2) is 76.5 Å². The number of nitrogens with zero attached hydrogens (tertiary/aromatic N) is 3. The lowest BCUT2D eigenvalue weighted by Gasteiger charge is -2.12. The monoisotopic (exact) mass is 379 g/mol. The lowest BCUT2D eigenvalue weighted by atomic mass is 10.0. The Morgan fingerprint density at radius 1 is 1.07 bits per heavy atom. The largest absolute Gasteiger partial charge is 0.402 e. The molecule has 2 aliphatic heterocycles. The van der Waals surface area contributed by atoms with Gasteiger partial charge in [-0.3, -0.25) is 4.79 Å². The molecule has 0 radical (unpaired) electrons. The third-order valence-corrected chi connectivity index (χ3v) is 4.56. The van der Waals surface area contributed by atoms with Crippen LogP contribution in [0.1, 0.15) is 12.5 Å². The van der Waals surface area contributed by atoms with Crippen molar-refractivity contribution in [3.05, 3.63) is 77.0 Å². The van der Waals surface area contributed by atoms with E-state index in [0.29, 0.717) is 22.0 Å². The topological polar surface area (TPSA) is 71.3 Å². The van der Waals surface area contributed by atoms with Crippen molar-refractivity contribution in [2.45, 2.75) is 6.92 Å². The van der Waals surface area contributed by atoms with Crippen molar-refractivity contribution in [2.75, 3.05) is 5.01 Å². The average molecular weight is 380 g/mol. The number of esters is 1. The van der Waals surface area contributed by atoms with Gasteiger partial charge < -0.3 is 4.74 Å². The molecule has 2 aromatic rings. The fourth-order valence-corrected chi connectivity index (χ4v) is 3.07. The Kier molecular flexibility index (Phi) is 4.33. The third-order valence-electron chi connectivity index (χ3n) is 4.23. The van der Waals surface area contributed by atoms with Crippen LogP contribution in [0.2, 0.25) is 5.02 Å². The summed E-state index contributed by atoms with van der Waals surface area (Å²) in [6.45, 7) is 1.74. The summed E-state index contributed by atoms with van der Waals surface area (Å²) in [5.41, 5.74) is 1.82. The summed E-state index contributed by atoms with van der Waals surface area (Å²) < 4.78 is 5.23. The second-order valence-corrected chi connectivity index (χ2v) is 6.45. The molecule has 4 rings (SSSR count). The van der Waals surface area contributed by atoms with Crippen molar-refractivity contribution in [2.24, 2.45) is 16.0 Å². The summed E-state index contributed by atoms with van der Waals surface area (Å²) in [5, 5.41) is 6.07. The van der Waals surface area contributed by atoms with Crippen LogP contribution in [0.5, 0.6) is 0 Å². The summed E-state index contributed by atoms with van der Waals surface area (Å²) in [6, 6.07) is 16.0. The van der Waals surface area contributed by atoms with E-state index in [1.54, 1.807) is 43.3 Å². The Balaban J connectivity index is 1.64. The van der Waals surface area contributed by atoms with Crippen LogP contribution in [0.3, 0.4) is 0 Å². The van der Waals surface area contributed by atoms with E-state index < -0.39 is 11.9 Å². The zero-order valence-corrected chi connectivity index (χ0v) is 15.1. The molecule has 7 heteroatoms. The number of halogens is 1. The molecular formula is C20H14ClN3O3. The van der Waals surface area contributed by atoms with Gasteiger partial charge in [-0.1, -0.05) is 41.9 Å². The van der Waals surface area contributed by atoms with Gasteiger partial charge in [-0.25, -0.2) is 9.79 Å². The summed E-state index contributed by atoms with van der Waals surface area (Å²) in [4.78, 5) is 29.2. The van der Waals surface area contributed by atoms with Gasteiger partial charge in [0.1, 0.15) is 11.6 Å². The Bertz CT molecular complexity index is 1030. The van der Waals surface area contributed by atoms with Crippen LogP contribution >= 0.6 is 11.6 Å². The minimum Gasteiger partial charge on any atom is -0.402 e. The van der Waals surface area contributed by atoms with Gasteiger partial charge in [0, 0.05) is 0 Å². The van der Waals surface area contributed by atoms with Crippen molar-refractivity contribution < 1.29 is 14.3 Å². The third kappa shape index (κ3) is 3.15. The van der Waals surface area contributed by atoms with Crippen LogP contribution < -0.4 is 5.01 Å². The van der Waals surface area contributed by atoms with Gasteiger partial charge in [0.25, 0.3) is 5.91 Å². The highest BCUT2D eigenvalue weighted by Crippen LogP contribution is 2.27. The van der Waals surface area contributed by atoms with Crippen LogP contribution in [0.4, 0.5) is 5.69 Å². The number of anilines is 1. The predicted molar refractivity (Wildman–Crippen MR) is 103 cm³/mol. The van der Waals surface area contributed by atoms with Gasteiger partial charge in [0.05, 0.1) is 22.0 Å². The molecule has 2 aliphatic rings. The molecule has 0 saturated carbocycles. The molecule has 0 bridgehead atoms. The molecule has 0 aromatic heterocycles. The van der Waals surface area contributed by atoms with E-state index in [2.05, 4.69) is 10.1 Å². The van der Waals surface area contributed by atoms with E-state index in [9.17, 15) is 9.59 Å². The number of amides is 1. The standard InChI is InChI=1S/C20H14ClN3O3/c1-12-15(19(25)24(23-12)13-7-3-2-4-8-13)11-17-20(26)27-18(22-17)14-9-5-6-10-16(14)21/h2-11,15H,1H3. The van der Waals surface area contributed by atoms with E-state index in [-0.39, 0.29) is 17.5 Å². The molecule has 27 heavy (non-hydrogen) atoms. The number of benzene rings is 2. The molecule has 0 N–H and O–H groups in total. The van der Waals surface area contributed by atoms with Crippen molar-refractivity contribution >= 4 is 40.8 Å². The lowest BCUT2D eigenvalue weighted by molar-refractivity contribution is -0.130. The SMILES string of the molecule is CC1=NN(c2ccccc2)C(=O)C1C=C1N=C(c2ccccc2Cl)OC1=O. The Hall–Kier alpha value is -3.25. The number of hydrogen-bond acceptors (Lipinski definition) is 5. The van der Waals surface area contributed by atoms with Gasteiger partial charge in [-0.05, 0) is 37.3 Å². The molecule has 0 aliphatic carbocycles. The Morgan fingerprint density at radius 2 is 1.78 bits per heavy atom. The number of para-hydroxylation sites is 1. The van der Waals surface area contributed by atoms with E-state index in [0.717, 1.165) is 0 Å². The molecule has 0 spiro atoms. The summed E-state index contributed by atoms with van der Waals surface area (Å²) >= 11 is 6.13. The Morgan fingerprint density at radius 3 is 2.52 bits per heavy atom. The minimum atomic E-state index is -0.679. The molecule has 2 heterocycles. The molecule has 2 aromatic carbocycles. The summed E-state index contributed by atoms with van der Waals surface area (Å²) in [5.74, 6) is -1.43. The highest BCUT2D eigenvalue weighted by atomic mass is 35.5. The van der Waals surface area contributed by atoms with Gasteiger partial charge in [-0.2, -0.15) is 10.1 Å². The zero-order chi connectivity index (χ0) is 19.0. The number of hydrazone groups is 1. The van der Waals surface area contributed by atoms with E-state index in [4.69, 9.17) is 16.3 Å². The maximum absolute atomic E-state index is 12.8. The van der Waals surface area contributed by atoms with Crippen LogP contribution in [-0.2, 0) is 14.3 Å². The maximum atomic E-state index is 12.8. The van der Waals surface area contributed by atoms with Crippen molar-refractivity contribution in [1.29, 1.82) is 0 Å². The van der Waals surface area contributed by atoms with Crippen LogP contribution in [0, 0.1) is 5.92 Å². The first-order valence-electron chi connectivity index (χ1n) is 8.26. The number of cyclic esters (lactones) is 1.